The number of benzene rings is 2. The van der Waals surface area contributed by atoms with Crippen molar-refractivity contribution in [3.63, 3.8) is 0 Å². The van der Waals surface area contributed by atoms with Gasteiger partial charge in [0, 0.05) is 23.1 Å². The first-order chi connectivity index (χ1) is 15.2. The molecule has 31 heavy (non-hydrogen) atoms. The maximum Gasteiger partial charge on any atom is 0.277 e. The molecule has 0 saturated carbocycles. The van der Waals surface area contributed by atoms with Gasteiger partial charge in [-0.2, -0.15) is 5.10 Å². The summed E-state index contributed by atoms with van der Waals surface area (Å²) in [5, 5.41) is 14.8. The van der Waals surface area contributed by atoms with Gasteiger partial charge in [-0.3, -0.25) is 0 Å². The number of thiazole rings is 1. The summed E-state index contributed by atoms with van der Waals surface area (Å²) >= 11 is 3.08. The minimum absolute atomic E-state index is 0.522. The minimum atomic E-state index is 0.522. The molecule has 2 aromatic carbocycles. The van der Waals surface area contributed by atoms with Crippen LogP contribution in [0.2, 0.25) is 0 Å². The van der Waals surface area contributed by atoms with E-state index in [0.717, 1.165) is 38.1 Å². The summed E-state index contributed by atoms with van der Waals surface area (Å²) in [5.41, 5.74) is 5.07. The molecule has 154 valence electrons. The number of aryl methyl sites for hydroxylation is 2. The highest BCUT2D eigenvalue weighted by molar-refractivity contribution is 7.98. The van der Waals surface area contributed by atoms with Gasteiger partial charge in [-0.05, 0) is 26.0 Å². The normalized spacial score (nSPS) is 11.2. The number of nitrogens with zero attached hydrogens (tertiary/aromatic N) is 5. The van der Waals surface area contributed by atoms with Crippen LogP contribution in [-0.4, -0.2) is 25.0 Å². The van der Waals surface area contributed by atoms with E-state index in [-0.39, 0.29) is 0 Å². The van der Waals surface area contributed by atoms with Gasteiger partial charge in [-0.15, -0.1) is 21.5 Å². The van der Waals surface area contributed by atoms with Crippen LogP contribution in [0.5, 0.6) is 0 Å². The summed E-state index contributed by atoms with van der Waals surface area (Å²) in [5.74, 6) is 1.19. The molecular formula is C23H19N5OS2. The van der Waals surface area contributed by atoms with Crippen LogP contribution in [0.4, 0.5) is 0 Å². The number of hydrogen-bond acceptors (Lipinski definition) is 7. The Kier molecular flexibility index (Phi) is 5.40. The lowest BCUT2D eigenvalue weighted by molar-refractivity contribution is 0.466. The third-order valence-corrected chi connectivity index (χ3v) is 6.64. The second-order valence-corrected chi connectivity index (χ2v) is 9.09. The molecule has 3 heterocycles. The van der Waals surface area contributed by atoms with Gasteiger partial charge >= 0.3 is 0 Å². The summed E-state index contributed by atoms with van der Waals surface area (Å²) in [6, 6.07) is 20.3. The second-order valence-electron chi connectivity index (χ2n) is 6.96. The van der Waals surface area contributed by atoms with Crippen molar-refractivity contribution in [1.29, 1.82) is 0 Å². The minimum Gasteiger partial charge on any atom is -0.410 e. The van der Waals surface area contributed by atoms with E-state index in [1.54, 1.807) is 11.3 Å². The molecule has 6 nitrogen and oxygen atoms in total. The first-order valence-electron chi connectivity index (χ1n) is 9.77. The molecule has 0 aliphatic rings. The van der Waals surface area contributed by atoms with Gasteiger partial charge in [0.1, 0.15) is 4.88 Å². The maximum atomic E-state index is 5.91. The van der Waals surface area contributed by atoms with Gasteiger partial charge in [-0.25, -0.2) is 9.67 Å². The Balaban J connectivity index is 1.42. The summed E-state index contributed by atoms with van der Waals surface area (Å²) in [6.45, 7) is 3.93. The third-order valence-electron chi connectivity index (χ3n) is 4.71. The Hall–Kier alpha value is -3.23. The molecule has 0 unspecified atom stereocenters. The molecule has 0 fully saturated rings. The van der Waals surface area contributed by atoms with E-state index in [9.17, 15) is 0 Å². The standard InChI is InChI=1S/C23H19N5OS2/c1-15-21(31-16(2)24-15)22-25-26-23(29-22)30-14-18-13-28(19-11-7-4-8-12-19)27-20(18)17-9-5-3-6-10-17/h3-13H,14H2,1-2H3. The van der Waals surface area contributed by atoms with Gasteiger partial charge in [-0.1, -0.05) is 60.3 Å². The van der Waals surface area contributed by atoms with Crippen molar-refractivity contribution in [2.75, 3.05) is 0 Å². The lowest BCUT2D eigenvalue weighted by Crippen LogP contribution is -1.93. The summed E-state index contributed by atoms with van der Waals surface area (Å²) in [6.07, 6.45) is 2.07. The van der Waals surface area contributed by atoms with Crippen molar-refractivity contribution >= 4 is 23.1 Å². The van der Waals surface area contributed by atoms with Crippen molar-refractivity contribution in [2.45, 2.75) is 24.8 Å². The Bertz CT molecular complexity index is 1310. The van der Waals surface area contributed by atoms with Crippen molar-refractivity contribution in [3.05, 3.63) is 83.1 Å². The lowest BCUT2D eigenvalue weighted by atomic mass is 10.1. The predicted molar refractivity (Wildman–Crippen MR) is 123 cm³/mol. The maximum absolute atomic E-state index is 5.91. The molecule has 0 N–H and O–H groups in total. The average molecular weight is 446 g/mol. The highest BCUT2D eigenvalue weighted by Crippen LogP contribution is 2.33. The van der Waals surface area contributed by atoms with Crippen LogP contribution in [0.15, 0.2) is 76.5 Å². The zero-order chi connectivity index (χ0) is 21.2. The van der Waals surface area contributed by atoms with E-state index in [1.165, 1.54) is 11.8 Å². The highest BCUT2D eigenvalue weighted by Gasteiger charge is 2.17. The summed E-state index contributed by atoms with van der Waals surface area (Å²) < 4.78 is 7.82. The van der Waals surface area contributed by atoms with E-state index in [4.69, 9.17) is 9.52 Å². The van der Waals surface area contributed by atoms with Gasteiger partial charge in [0.2, 0.25) is 0 Å². The van der Waals surface area contributed by atoms with Crippen LogP contribution >= 0.6 is 23.1 Å². The largest absolute Gasteiger partial charge is 0.410 e. The highest BCUT2D eigenvalue weighted by atomic mass is 32.2. The fourth-order valence-electron chi connectivity index (χ4n) is 3.30. The Labute approximate surface area is 188 Å². The van der Waals surface area contributed by atoms with Gasteiger partial charge in [0.05, 0.1) is 22.1 Å². The topological polar surface area (TPSA) is 69.6 Å². The number of hydrogen-bond donors (Lipinski definition) is 0. The molecule has 0 aliphatic carbocycles. The average Bonchev–Trinajstić information content (AvgIpc) is 3.52. The van der Waals surface area contributed by atoms with E-state index in [2.05, 4.69) is 33.5 Å². The lowest BCUT2D eigenvalue weighted by Gasteiger charge is -2.01. The molecular weight excluding hydrogens is 426 g/mol. The van der Waals surface area contributed by atoms with Crippen molar-refractivity contribution in [3.8, 4) is 27.7 Å². The Morgan fingerprint density at radius 1 is 0.968 bits per heavy atom. The summed E-state index contributed by atoms with van der Waals surface area (Å²) in [7, 11) is 0. The molecule has 0 spiro atoms. The van der Waals surface area contributed by atoms with Crippen LogP contribution in [0.1, 0.15) is 16.3 Å². The molecule has 5 aromatic rings. The number of rotatable bonds is 6. The Morgan fingerprint density at radius 3 is 2.42 bits per heavy atom. The monoisotopic (exact) mass is 445 g/mol. The van der Waals surface area contributed by atoms with E-state index in [0.29, 0.717) is 16.9 Å². The molecule has 0 aliphatic heterocycles. The Morgan fingerprint density at radius 2 is 1.71 bits per heavy atom. The van der Waals surface area contributed by atoms with E-state index in [1.807, 2.05) is 67.1 Å². The van der Waals surface area contributed by atoms with Crippen molar-refractivity contribution < 1.29 is 4.42 Å². The third kappa shape index (κ3) is 4.17. The zero-order valence-electron chi connectivity index (χ0n) is 17.0. The number of aromatic nitrogens is 5. The zero-order valence-corrected chi connectivity index (χ0v) is 18.7. The van der Waals surface area contributed by atoms with Crippen LogP contribution in [0.3, 0.4) is 0 Å². The quantitative estimate of drug-likeness (QED) is 0.301. The molecule has 0 bridgehead atoms. The summed E-state index contributed by atoms with van der Waals surface area (Å²) in [4.78, 5) is 5.37. The fourth-order valence-corrected chi connectivity index (χ4v) is 4.86. The number of thioether (sulfide) groups is 1. The van der Waals surface area contributed by atoms with Gasteiger partial charge in [0.25, 0.3) is 11.1 Å². The van der Waals surface area contributed by atoms with Crippen molar-refractivity contribution in [2.24, 2.45) is 0 Å². The van der Waals surface area contributed by atoms with E-state index >= 15 is 0 Å². The second kappa shape index (κ2) is 8.49. The SMILES string of the molecule is Cc1nc(C)c(-c2nnc(SCc3cn(-c4ccccc4)nc3-c3ccccc3)o2)s1. The van der Waals surface area contributed by atoms with Crippen molar-refractivity contribution in [1.82, 2.24) is 25.0 Å². The molecule has 8 heteroatoms. The molecule has 3 aromatic heterocycles. The van der Waals surface area contributed by atoms with Crippen LogP contribution in [0, 0.1) is 13.8 Å². The fraction of sp³-hybridized carbons (Fsp3) is 0.130. The molecule has 0 saturated heterocycles. The molecule has 0 radical (unpaired) electrons. The van der Waals surface area contributed by atoms with Gasteiger partial charge in [0.15, 0.2) is 0 Å². The first kappa shape index (κ1) is 19.7. The van der Waals surface area contributed by atoms with Gasteiger partial charge < -0.3 is 4.42 Å². The molecule has 0 atom stereocenters. The van der Waals surface area contributed by atoms with Crippen LogP contribution in [0.25, 0.3) is 27.7 Å². The van der Waals surface area contributed by atoms with Crippen LogP contribution < -0.4 is 0 Å². The first-order valence-corrected chi connectivity index (χ1v) is 11.6. The molecule has 0 amide bonds. The molecule has 5 rings (SSSR count). The predicted octanol–water partition coefficient (Wildman–Crippen LogP) is 5.95. The smallest absolute Gasteiger partial charge is 0.277 e. The van der Waals surface area contributed by atoms with E-state index < -0.39 is 0 Å². The number of para-hydroxylation sites is 1. The van der Waals surface area contributed by atoms with Crippen LogP contribution in [-0.2, 0) is 5.75 Å².